The predicted octanol–water partition coefficient (Wildman–Crippen LogP) is 2.69. The fourth-order valence-electron chi connectivity index (χ4n) is 0.638. The highest BCUT2D eigenvalue weighted by Gasteiger charge is 2.16. The van der Waals surface area contributed by atoms with E-state index < -0.39 is 7.14 Å². The minimum Gasteiger partial charge on any atom is -0.330 e. The third-order valence-electron chi connectivity index (χ3n) is 1.50. The van der Waals surface area contributed by atoms with Crippen LogP contribution >= 0.6 is 7.14 Å². The maximum Gasteiger partial charge on any atom is 0.0977 e. The molecule has 0 radical (unpaired) electrons. The SMILES string of the molecule is CC.CC.CP(C)(=O)C(N)CCCN. The lowest BCUT2D eigenvalue weighted by Gasteiger charge is -2.15. The number of nitrogens with two attached hydrogens (primary N) is 2. The van der Waals surface area contributed by atoms with Crippen LogP contribution in [0.3, 0.4) is 0 Å². The minimum atomic E-state index is -2.06. The van der Waals surface area contributed by atoms with E-state index in [2.05, 4.69) is 0 Å². The van der Waals surface area contributed by atoms with Gasteiger partial charge in [0.05, 0.1) is 12.9 Å². The Kier molecular flexibility index (Phi) is 18.5. The molecule has 3 nitrogen and oxygen atoms in total. The summed E-state index contributed by atoms with van der Waals surface area (Å²) in [5.41, 5.74) is 10.9. The van der Waals surface area contributed by atoms with E-state index in [0.717, 1.165) is 12.8 Å². The van der Waals surface area contributed by atoms with Crippen LogP contribution in [-0.4, -0.2) is 25.7 Å². The number of rotatable bonds is 4. The van der Waals surface area contributed by atoms with Crippen molar-refractivity contribution in [3.05, 3.63) is 0 Å². The van der Waals surface area contributed by atoms with E-state index >= 15 is 0 Å². The van der Waals surface area contributed by atoms with Gasteiger partial charge >= 0.3 is 0 Å². The molecule has 4 N–H and O–H groups in total. The van der Waals surface area contributed by atoms with Crippen LogP contribution in [0.2, 0.25) is 0 Å². The lowest BCUT2D eigenvalue weighted by atomic mass is 10.3. The summed E-state index contributed by atoms with van der Waals surface area (Å²) in [5.74, 6) is -0.156. The van der Waals surface area contributed by atoms with Crippen LogP contribution in [0.25, 0.3) is 0 Å². The Balaban J connectivity index is -0.000000266. The fourth-order valence-corrected chi connectivity index (χ4v) is 1.44. The standard InChI is InChI=1S/C6H17N2OP.2C2H6/c1-10(2,9)6(8)4-3-5-7;2*1-2/h6H,3-5,7-8H2,1-2H3;2*1-2H3. The Morgan fingerprint density at radius 3 is 1.71 bits per heavy atom. The van der Waals surface area contributed by atoms with E-state index in [4.69, 9.17) is 11.5 Å². The lowest BCUT2D eigenvalue weighted by molar-refractivity contribution is 0.564. The number of hydrogen-bond donors (Lipinski definition) is 2. The van der Waals surface area contributed by atoms with E-state index in [0.29, 0.717) is 6.54 Å². The van der Waals surface area contributed by atoms with Gasteiger partial charge in [0, 0.05) is 0 Å². The summed E-state index contributed by atoms with van der Waals surface area (Å²) in [6.45, 7) is 12.1. The van der Waals surface area contributed by atoms with Crippen molar-refractivity contribution >= 4 is 7.14 Å². The molecule has 0 rings (SSSR count). The second-order valence-corrected chi connectivity index (χ2v) is 6.46. The Labute approximate surface area is 90.0 Å². The summed E-state index contributed by atoms with van der Waals surface area (Å²) < 4.78 is 11.3. The quantitative estimate of drug-likeness (QED) is 0.721. The molecule has 1 atom stereocenters. The normalized spacial score (nSPS) is 11.7. The maximum atomic E-state index is 11.3. The molecule has 0 spiro atoms. The molecule has 0 bridgehead atoms. The molecular formula is C10H29N2OP. The predicted molar refractivity (Wildman–Crippen MR) is 68.4 cm³/mol. The zero-order valence-electron chi connectivity index (χ0n) is 10.7. The topological polar surface area (TPSA) is 69.1 Å². The molecule has 4 heteroatoms. The second kappa shape index (κ2) is 13.2. The van der Waals surface area contributed by atoms with E-state index in [1.165, 1.54) is 0 Å². The molecule has 0 aliphatic carbocycles. The summed E-state index contributed by atoms with van der Waals surface area (Å²) in [5, 5.41) is 0. The Morgan fingerprint density at radius 2 is 1.50 bits per heavy atom. The van der Waals surface area contributed by atoms with Crippen molar-refractivity contribution in [3.8, 4) is 0 Å². The zero-order valence-corrected chi connectivity index (χ0v) is 11.6. The first kappa shape index (κ1) is 19.7. The minimum absolute atomic E-state index is 0.156. The van der Waals surface area contributed by atoms with Gasteiger partial charge in [-0.2, -0.15) is 0 Å². The van der Waals surface area contributed by atoms with E-state index in [-0.39, 0.29) is 5.78 Å². The van der Waals surface area contributed by atoms with Crippen LogP contribution in [0.1, 0.15) is 40.5 Å². The molecular weight excluding hydrogens is 195 g/mol. The van der Waals surface area contributed by atoms with Gasteiger partial charge in [-0.15, -0.1) is 0 Å². The van der Waals surface area contributed by atoms with E-state index in [9.17, 15) is 4.57 Å². The van der Waals surface area contributed by atoms with Gasteiger partial charge < -0.3 is 16.0 Å². The van der Waals surface area contributed by atoms with Gasteiger partial charge in [0.25, 0.3) is 0 Å². The molecule has 0 aromatic carbocycles. The molecule has 0 aromatic rings. The average Bonchev–Trinajstić information content (AvgIpc) is 2.19. The Morgan fingerprint density at radius 1 is 1.14 bits per heavy atom. The van der Waals surface area contributed by atoms with Crippen LogP contribution in [0.5, 0.6) is 0 Å². The molecule has 0 saturated heterocycles. The highest BCUT2D eigenvalue weighted by molar-refractivity contribution is 7.63. The molecule has 0 heterocycles. The highest BCUT2D eigenvalue weighted by Crippen LogP contribution is 2.41. The Bertz CT molecular complexity index is 134. The molecule has 0 saturated carbocycles. The third kappa shape index (κ3) is 14.7. The molecule has 0 amide bonds. The molecule has 0 aliphatic rings. The summed E-state index contributed by atoms with van der Waals surface area (Å²) >= 11 is 0. The summed E-state index contributed by atoms with van der Waals surface area (Å²) in [6.07, 6.45) is 1.65. The van der Waals surface area contributed by atoms with Gasteiger partial charge in [0.15, 0.2) is 0 Å². The monoisotopic (exact) mass is 224 g/mol. The van der Waals surface area contributed by atoms with Gasteiger partial charge in [0.2, 0.25) is 0 Å². The average molecular weight is 224 g/mol. The van der Waals surface area contributed by atoms with Gasteiger partial charge in [-0.25, -0.2) is 0 Å². The zero-order chi connectivity index (χ0) is 12.2. The highest BCUT2D eigenvalue weighted by atomic mass is 31.2. The van der Waals surface area contributed by atoms with Crippen molar-refractivity contribution in [3.63, 3.8) is 0 Å². The van der Waals surface area contributed by atoms with Crippen LogP contribution in [-0.2, 0) is 4.57 Å². The summed E-state index contributed by atoms with van der Waals surface area (Å²) in [4.78, 5) is 0. The molecule has 1 unspecified atom stereocenters. The van der Waals surface area contributed by atoms with Crippen molar-refractivity contribution < 1.29 is 4.57 Å². The molecule has 0 fully saturated rings. The van der Waals surface area contributed by atoms with Crippen molar-refractivity contribution in [2.45, 2.75) is 46.3 Å². The van der Waals surface area contributed by atoms with Crippen molar-refractivity contribution in [2.75, 3.05) is 19.9 Å². The molecule has 0 aromatic heterocycles. The summed E-state index contributed by atoms with van der Waals surface area (Å²) in [6, 6.07) is 0. The smallest absolute Gasteiger partial charge is 0.0977 e. The fraction of sp³-hybridized carbons (Fsp3) is 1.00. The van der Waals surface area contributed by atoms with Crippen LogP contribution in [0, 0.1) is 0 Å². The van der Waals surface area contributed by atoms with Crippen LogP contribution in [0.15, 0.2) is 0 Å². The van der Waals surface area contributed by atoms with Crippen LogP contribution in [0.4, 0.5) is 0 Å². The molecule has 0 aliphatic heterocycles. The second-order valence-electron chi connectivity index (χ2n) is 2.93. The van der Waals surface area contributed by atoms with Gasteiger partial charge in [-0.3, -0.25) is 0 Å². The van der Waals surface area contributed by atoms with Crippen LogP contribution < -0.4 is 11.5 Å². The first-order valence-electron chi connectivity index (χ1n) is 5.49. The molecule has 90 valence electrons. The Hall–Kier alpha value is 0.150. The molecule has 14 heavy (non-hydrogen) atoms. The largest absolute Gasteiger partial charge is 0.330 e. The lowest BCUT2D eigenvalue weighted by Crippen LogP contribution is -2.20. The van der Waals surface area contributed by atoms with Gasteiger partial charge in [-0.05, 0) is 32.7 Å². The van der Waals surface area contributed by atoms with E-state index in [1.807, 2.05) is 27.7 Å². The maximum absolute atomic E-state index is 11.3. The van der Waals surface area contributed by atoms with Gasteiger partial charge in [0.1, 0.15) is 0 Å². The number of hydrogen-bond acceptors (Lipinski definition) is 3. The first-order valence-corrected chi connectivity index (χ1v) is 8.16. The first-order chi connectivity index (χ1) is 6.48. The van der Waals surface area contributed by atoms with Crippen molar-refractivity contribution in [2.24, 2.45) is 11.5 Å². The van der Waals surface area contributed by atoms with E-state index in [1.54, 1.807) is 13.3 Å². The van der Waals surface area contributed by atoms with Crippen molar-refractivity contribution in [1.29, 1.82) is 0 Å². The summed E-state index contributed by atoms with van der Waals surface area (Å²) in [7, 11) is -2.06. The van der Waals surface area contributed by atoms with Crippen molar-refractivity contribution in [1.82, 2.24) is 0 Å². The third-order valence-corrected chi connectivity index (χ3v) is 3.36. The van der Waals surface area contributed by atoms with Gasteiger partial charge in [-0.1, -0.05) is 27.7 Å².